The van der Waals surface area contributed by atoms with Crippen LogP contribution >= 0.6 is 0 Å². The summed E-state index contributed by atoms with van der Waals surface area (Å²) in [5.74, 6) is 0. The first-order valence-corrected chi connectivity index (χ1v) is 7.59. The average molecular weight is 290 g/mol. The summed E-state index contributed by atoms with van der Waals surface area (Å²) in [6.45, 7) is 1.94. The van der Waals surface area contributed by atoms with Gasteiger partial charge < -0.3 is 20.1 Å². The predicted octanol–water partition coefficient (Wildman–Crippen LogP) is 1.51. The predicted molar refractivity (Wildman–Crippen MR) is 78.8 cm³/mol. The maximum atomic E-state index is 11.9. The fourth-order valence-electron chi connectivity index (χ4n) is 3.09. The molecule has 3 rings (SSSR count). The molecule has 114 valence electrons. The lowest BCUT2D eigenvalue weighted by atomic mass is 9.82. The summed E-state index contributed by atoms with van der Waals surface area (Å²) >= 11 is 0. The normalized spacial score (nSPS) is 24.2. The van der Waals surface area contributed by atoms with E-state index in [2.05, 4.69) is 5.32 Å². The van der Waals surface area contributed by atoms with Crippen molar-refractivity contribution < 1.29 is 14.6 Å². The first-order chi connectivity index (χ1) is 10.2. The first kappa shape index (κ1) is 14.4. The number of rotatable bonds is 3. The fourth-order valence-corrected chi connectivity index (χ4v) is 3.09. The molecule has 2 saturated heterocycles. The minimum absolute atomic E-state index is 0.101. The van der Waals surface area contributed by atoms with Gasteiger partial charge in [-0.05, 0) is 24.9 Å². The Morgan fingerprint density at radius 2 is 2.10 bits per heavy atom. The molecule has 0 radical (unpaired) electrons. The van der Waals surface area contributed by atoms with Gasteiger partial charge in [0.25, 0.3) is 0 Å². The zero-order chi connectivity index (χ0) is 14.7. The molecule has 2 aliphatic heterocycles. The fraction of sp³-hybridized carbons (Fsp3) is 0.562. The summed E-state index contributed by atoms with van der Waals surface area (Å²) in [5, 5.41) is 13.9. The molecule has 0 saturated carbocycles. The van der Waals surface area contributed by atoms with Crippen molar-refractivity contribution >= 4 is 6.09 Å². The third kappa shape index (κ3) is 3.19. The summed E-state index contributed by atoms with van der Waals surface area (Å²) in [4.78, 5) is 13.5. The zero-order valence-electron chi connectivity index (χ0n) is 12.1. The van der Waals surface area contributed by atoms with Gasteiger partial charge >= 0.3 is 6.09 Å². The zero-order valence-corrected chi connectivity index (χ0v) is 12.1. The van der Waals surface area contributed by atoms with E-state index in [0.29, 0.717) is 13.1 Å². The summed E-state index contributed by atoms with van der Waals surface area (Å²) in [6.07, 6.45) is 2.93. The Kier molecular flexibility index (Phi) is 4.12. The number of benzene rings is 1. The Bertz CT molecular complexity index is 480. The van der Waals surface area contributed by atoms with Gasteiger partial charge in [0.1, 0.15) is 12.2 Å². The van der Waals surface area contributed by atoms with E-state index in [4.69, 9.17) is 4.74 Å². The SMILES string of the molecule is O=C(OCc1ccccc1)N1CC(O)(C2CCCCN2)C1. The van der Waals surface area contributed by atoms with Crippen molar-refractivity contribution in [2.45, 2.75) is 37.5 Å². The molecule has 1 aromatic carbocycles. The second-order valence-corrected chi connectivity index (χ2v) is 6.00. The Hall–Kier alpha value is -1.59. The van der Waals surface area contributed by atoms with Crippen LogP contribution < -0.4 is 5.32 Å². The second-order valence-electron chi connectivity index (χ2n) is 6.00. The van der Waals surface area contributed by atoms with Crippen LogP contribution in [0.15, 0.2) is 30.3 Å². The van der Waals surface area contributed by atoms with Crippen LogP contribution in [-0.4, -0.2) is 47.4 Å². The highest BCUT2D eigenvalue weighted by Crippen LogP contribution is 2.29. The van der Waals surface area contributed by atoms with Crippen LogP contribution in [-0.2, 0) is 11.3 Å². The van der Waals surface area contributed by atoms with Crippen LogP contribution in [0.25, 0.3) is 0 Å². The number of carbonyl (C=O) groups is 1. The molecule has 2 heterocycles. The molecule has 0 spiro atoms. The summed E-state index contributed by atoms with van der Waals surface area (Å²) in [5.41, 5.74) is 0.183. The highest BCUT2D eigenvalue weighted by molar-refractivity contribution is 5.69. The highest BCUT2D eigenvalue weighted by atomic mass is 16.6. The van der Waals surface area contributed by atoms with Crippen LogP contribution in [0.2, 0.25) is 0 Å². The Morgan fingerprint density at radius 1 is 1.33 bits per heavy atom. The van der Waals surface area contributed by atoms with Gasteiger partial charge in [-0.1, -0.05) is 36.8 Å². The van der Waals surface area contributed by atoms with Gasteiger partial charge in [0.05, 0.1) is 13.1 Å². The number of aliphatic hydroxyl groups is 1. The first-order valence-electron chi connectivity index (χ1n) is 7.59. The molecule has 0 aromatic heterocycles. The van der Waals surface area contributed by atoms with Crippen molar-refractivity contribution in [2.75, 3.05) is 19.6 Å². The molecular weight excluding hydrogens is 268 g/mol. The molecule has 0 aliphatic carbocycles. The number of hydrogen-bond donors (Lipinski definition) is 2. The third-order valence-electron chi connectivity index (χ3n) is 4.35. The van der Waals surface area contributed by atoms with Crippen LogP contribution in [0.4, 0.5) is 4.79 Å². The van der Waals surface area contributed by atoms with Crippen LogP contribution in [0.5, 0.6) is 0 Å². The summed E-state index contributed by atoms with van der Waals surface area (Å²) in [7, 11) is 0. The number of nitrogens with one attached hydrogen (secondary N) is 1. The van der Waals surface area contributed by atoms with E-state index >= 15 is 0 Å². The molecule has 1 unspecified atom stereocenters. The molecule has 2 fully saturated rings. The minimum atomic E-state index is -0.786. The lowest BCUT2D eigenvalue weighted by molar-refractivity contribution is -0.115. The largest absolute Gasteiger partial charge is 0.445 e. The monoisotopic (exact) mass is 290 g/mol. The summed E-state index contributed by atoms with van der Waals surface area (Å²) in [6, 6.07) is 9.71. The number of piperidine rings is 1. The van der Waals surface area contributed by atoms with Crippen molar-refractivity contribution in [3.63, 3.8) is 0 Å². The van der Waals surface area contributed by atoms with Crippen molar-refractivity contribution in [1.29, 1.82) is 0 Å². The second kappa shape index (κ2) is 6.03. The number of ether oxygens (including phenoxy) is 1. The molecule has 1 aromatic rings. The molecule has 0 bridgehead atoms. The number of β-amino-alcohol motifs (C(OH)–C–C–N with tert-alkyl or cyclic N) is 1. The maximum Gasteiger partial charge on any atom is 0.410 e. The average Bonchev–Trinajstić information content (AvgIpc) is 2.51. The van der Waals surface area contributed by atoms with Crippen molar-refractivity contribution in [2.24, 2.45) is 0 Å². The van der Waals surface area contributed by atoms with Gasteiger partial charge in [0.2, 0.25) is 0 Å². The van der Waals surface area contributed by atoms with Gasteiger partial charge in [0.15, 0.2) is 0 Å². The number of hydrogen-bond acceptors (Lipinski definition) is 4. The van der Waals surface area contributed by atoms with E-state index in [1.807, 2.05) is 30.3 Å². The quantitative estimate of drug-likeness (QED) is 0.886. The number of carbonyl (C=O) groups excluding carboxylic acids is 1. The number of amides is 1. The number of likely N-dealkylation sites (tertiary alicyclic amines) is 1. The smallest absolute Gasteiger partial charge is 0.410 e. The maximum absolute atomic E-state index is 11.9. The third-order valence-corrected chi connectivity index (χ3v) is 4.35. The molecule has 1 amide bonds. The van der Waals surface area contributed by atoms with Gasteiger partial charge in [-0.25, -0.2) is 4.79 Å². The Labute approximate surface area is 124 Å². The van der Waals surface area contributed by atoms with Gasteiger partial charge in [-0.2, -0.15) is 0 Å². The summed E-state index contributed by atoms with van der Waals surface area (Å²) < 4.78 is 5.27. The van der Waals surface area contributed by atoms with Gasteiger partial charge in [-0.15, -0.1) is 0 Å². The van der Waals surface area contributed by atoms with E-state index < -0.39 is 5.60 Å². The molecule has 21 heavy (non-hydrogen) atoms. The van der Waals surface area contributed by atoms with Crippen LogP contribution in [0.3, 0.4) is 0 Å². The van der Waals surface area contributed by atoms with Crippen molar-refractivity contribution in [3.05, 3.63) is 35.9 Å². The van der Waals surface area contributed by atoms with E-state index in [1.54, 1.807) is 4.90 Å². The number of nitrogens with zero attached hydrogens (tertiary/aromatic N) is 1. The molecule has 1 atom stereocenters. The minimum Gasteiger partial charge on any atom is -0.445 e. The molecular formula is C16H22N2O3. The molecule has 2 aliphatic rings. The lowest BCUT2D eigenvalue weighted by Crippen LogP contribution is -2.72. The van der Waals surface area contributed by atoms with Gasteiger partial charge in [0, 0.05) is 6.04 Å². The topological polar surface area (TPSA) is 61.8 Å². The van der Waals surface area contributed by atoms with E-state index in [0.717, 1.165) is 31.4 Å². The van der Waals surface area contributed by atoms with Crippen molar-refractivity contribution in [1.82, 2.24) is 10.2 Å². The van der Waals surface area contributed by atoms with E-state index in [9.17, 15) is 9.90 Å². The highest BCUT2D eigenvalue weighted by Gasteiger charge is 2.49. The Morgan fingerprint density at radius 3 is 2.76 bits per heavy atom. The van der Waals surface area contributed by atoms with E-state index in [-0.39, 0.29) is 18.7 Å². The standard InChI is InChI=1S/C16H22N2O3/c19-15(21-10-13-6-2-1-3-7-13)18-11-16(20,12-18)14-8-4-5-9-17-14/h1-3,6-7,14,17,20H,4-5,8-12H2. The Balaban J connectivity index is 1.45. The van der Waals surface area contributed by atoms with Crippen molar-refractivity contribution in [3.8, 4) is 0 Å². The molecule has 5 heteroatoms. The lowest BCUT2D eigenvalue weighted by Gasteiger charge is -2.50. The van der Waals surface area contributed by atoms with Crippen LogP contribution in [0.1, 0.15) is 24.8 Å². The molecule has 5 nitrogen and oxygen atoms in total. The molecule has 2 N–H and O–H groups in total. The van der Waals surface area contributed by atoms with E-state index in [1.165, 1.54) is 0 Å². The van der Waals surface area contributed by atoms with Crippen LogP contribution in [0, 0.1) is 0 Å². The van der Waals surface area contributed by atoms with Gasteiger partial charge in [-0.3, -0.25) is 0 Å².